The molecule has 0 amide bonds. The molecule has 1 atom stereocenters. The summed E-state index contributed by atoms with van der Waals surface area (Å²) in [5, 5.41) is 0. The normalized spacial score (nSPS) is 13.0. The molecule has 0 radical (unpaired) electrons. The van der Waals surface area contributed by atoms with Crippen molar-refractivity contribution in [1.82, 2.24) is 19.1 Å². The second-order valence-corrected chi connectivity index (χ2v) is 4.88. The molecule has 0 spiro atoms. The number of aromatic nitrogens is 4. The number of nitrogens with two attached hydrogens (primary N) is 1. The van der Waals surface area contributed by atoms with Crippen molar-refractivity contribution in [1.29, 1.82) is 0 Å². The molecule has 0 fully saturated rings. The number of nitrogens with one attached hydrogen (secondary N) is 1. The maximum Gasteiger partial charge on any atom is 0.332 e. The first-order valence-corrected chi connectivity index (χ1v) is 6.99. The fraction of sp³-hybridized carbons (Fsp3) is 0.615. The Bertz CT molecular complexity index is 725. The van der Waals surface area contributed by atoms with E-state index < -0.39 is 0 Å². The van der Waals surface area contributed by atoms with Crippen molar-refractivity contribution in [3.8, 4) is 0 Å². The van der Waals surface area contributed by atoms with Crippen LogP contribution in [-0.2, 0) is 13.0 Å². The molecule has 2 heterocycles. The van der Waals surface area contributed by atoms with Crippen molar-refractivity contribution in [2.75, 3.05) is 6.54 Å². The lowest BCUT2D eigenvalue weighted by atomic mass is 10.2. The van der Waals surface area contributed by atoms with Gasteiger partial charge < -0.3 is 10.7 Å². The molecule has 2 aromatic heterocycles. The molecule has 0 saturated heterocycles. The maximum atomic E-state index is 12.4. The highest BCUT2D eigenvalue weighted by Gasteiger charge is 2.18. The Morgan fingerprint density at radius 2 is 2.05 bits per heavy atom. The number of hydrogen-bond donors (Lipinski definition) is 2. The summed E-state index contributed by atoms with van der Waals surface area (Å²) < 4.78 is 2.83. The standard InChI is InChI=1S/C13H21N5O2/c1-4-8(3)18-11-10(15-9(16-11)6-7-14)12(19)17(5-2)13(18)20/h8H,4-7,14H2,1-3H3,(H,15,16). The molecular formula is C13H21N5O2. The first-order valence-electron chi connectivity index (χ1n) is 6.99. The molecule has 0 aliphatic rings. The van der Waals surface area contributed by atoms with Crippen molar-refractivity contribution in [2.24, 2.45) is 5.73 Å². The van der Waals surface area contributed by atoms with Crippen LogP contribution in [-0.4, -0.2) is 25.6 Å². The second kappa shape index (κ2) is 5.62. The molecule has 2 aromatic rings. The Morgan fingerprint density at radius 3 is 2.60 bits per heavy atom. The Balaban J connectivity index is 2.87. The fourth-order valence-corrected chi connectivity index (χ4v) is 2.29. The summed E-state index contributed by atoms with van der Waals surface area (Å²) in [5.41, 5.74) is 5.72. The number of H-pyrrole nitrogens is 1. The number of hydrogen-bond acceptors (Lipinski definition) is 4. The quantitative estimate of drug-likeness (QED) is 0.826. The highest BCUT2D eigenvalue weighted by atomic mass is 16.2. The minimum Gasteiger partial charge on any atom is -0.336 e. The molecule has 20 heavy (non-hydrogen) atoms. The van der Waals surface area contributed by atoms with Gasteiger partial charge in [-0.1, -0.05) is 6.92 Å². The smallest absolute Gasteiger partial charge is 0.332 e. The number of aromatic amines is 1. The highest BCUT2D eigenvalue weighted by molar-refractivity contribution is 5.70. The Labute approximate surface area is 116 Å². The van der Waals surface area contributed by atoms with Gasteiger partial charge >= 0.3 is 5.69 Å². The lowest BCUT2D eigenvalue weighted by Crippen LogP contribution is -2.40. The van der Waals surface area contributed by atoms with E-state index in [1.165, 1.54) is 4.57 Å². The van der Waals surface area contributed by atoms with E-state index >= 15 is 0 Å². The molecule has 0 bridgehead atoms. The largest absolute Gasteiger partial charge is 0.336 e. The van der Waals surface area contributed by atoms with E-state index in [9.17, 15) is 9.59 Å². The van der Waals surface area contributed by atoms with E-state index in [4.69, 9.17) is 5.73 Å². The molecule has 2 rings (SSSR count). The highest BCUT2D eigenvalue weighted by Crippen LogP contribution is 2.14. The van der Waals surface area contributed by atoms with Gasteiger partial charge in [0.15, 0.2) is 5.65 Å². The summed E-state index contributed by atoms with van der Waals surface area (Å²) in [6, 6.07) is -0.0163. The first kappa shape index (κ1) is 14.5. The molecule has 7 heteroatoms. The van der Waals surface area contributed by atoms with Gasteiger partial charge in [0.25, 0.3) is 5.56 Å². The number of nitrogens with zero attached hydrogens (tertiary/aromatic N) is 3. The molecule has 0 saturated carbocycles. The zero-order chi connectivity index (χ0) is 14.9. The van der Waals surface area contributed by atoms with Crippen LogP contribution in [0.1, 0.15) is 39.1 Å². The lowest BCUT2D eigenvalue weighted by Gasteiger charge is -2.15. The molecule has 7 nitrogen and oxygen atoms in total. The van der Waals surface area contributed by atoms with Crippen LogP contribution < -0.4 is 17.0 Å². The molecule has 3 N–H and O–H groups in total. The van der Waals surface area contributed by atoms with E-state index in [-0.39, 0.29) is 17.3 Å². The minimum absolute atomic E-state index is 0.0163. The van der Waals surface area contributed by atoms with Crippen LogP contribution in [0.3, 0.4) is 0 Å². The minimum atomic E-state index is -0.317. The van der Waals surface area contributed by atoms with Crippen LogP contribution in [0, 0.1) is 0 Å². The van der Waals surface area contributed by atoms with E-state index in [0.29, 0.717) is 36.5 Å². The predicted molar refractivity (Wildman–Crippen MR) is 78.0 cm³/mol. The van der Waals surface area contributed by atoms with E-state index in [1.54, 1.807) is 11.5 Å². The average molecular weight is 279 g/mol. The van der Waals surface area contributed by atoms with E-state index in [0.717, 1.165) is 6.42 Å². The molecule has 1 unspecified atom stereocenters. The molecule has 0 aromatic carbocycles. The van der Waals surface area contributed by atoms with Crippen molar-refractivity contribution in [2.45, 2.75) is 46.2 Å². The molecule has 110 valence electrons. The Kier molecular flexibility index (Phi) is 4.08. The predicted octanol–water partition coefficient (Wildman–Crippen LogP) is 0.378. The molecular weight excluding hydrogens is 258 g/mol. The summed E-state index contributed by atoms with van der Waals surface area (Å²) in [4.78, 5) is 32.1. The third kappa shape index (κ3) is 2.18. The van der Waals surface area contributed by atoms with Gasteiger partial charge in [-0.2, -0.15) is 0 Å². The van der Waals surface area contributed by atoms with Crippen molar-refractivity contribution >= 4 is 11.2 Å². The van der Waals surface area contributed by atoms with Crippen LogP contribution in [0.4, 0.5) is 0 Å². The molecule has 0 aliphatic heterocycles. The molecule has 0 aliphatic carbocycles. The maximum absolute atomic E-state index is 12.4. The lowest BCUT2D eigenvalue weighted by molar-refractivity contribution is 0.489. The number of rotatable bonds is 5. The van der Waals surface area contributed by atoms with Crippen LogP contribution >= 0.6 is 0 Å². The van der Waals surface area contributed by atoms with E-state index in [2.05, 4.69) is 9.97 Å². The summed E-state index contributed by atoms with van der Waals surface area (Å²) >= 11 is 0. The summed E-state index contributed by atoms with van der Waals surface area (Å²) in [5.74, 6) is 0.643. The van der Waals surface area contributed by atoms with Gasteiger partial charge in [-0.15, -0.1) is 0 Å². The van der Waals surface area contributed by atoms with Crippen molar-refractivity contribution in [3.05, 3.63) is 26.7 Å². The van der Waals surface area contributed by atoms with E-state index in [1.807, 2.05) is 13.8 Å². The summed E-state index contributed by atoms with van der Waals surface area (Å²) in [6.07, 6.45) is 1.34. The second-order valence-electron chi connectivity index (χ2n) is 4.88. The fourth-order valence-electron chi connectivity index (χ4n) is 2.29. The third-order valence-electron chi connectivity index (χ3n) is 3.59. The zero-order valence-electron chi connectivity index (χ0n) is 12.1. The van der Waals surface area contributed by atoms with Gasteiger partial charge in [0.05, 0.1) is 0 Å². The first-order chi connectivity index (χ1) is 9.54. The third-order valence-corrected chi connectivity index (χ3v) is 3.59. The number of fused-ring (bicyclic) bond motifs is 1. The van der Waals surface area contributed by atoms with Crippen LogP contribution in [0.15, 0.2) is 9.59 Å². The zero-order valence-corrected chi connectivity index (χ0v) is 12.1. The summed E-state index contributed by atoms with van der Waals surface area (Å²) in [7, 11) is 0. The Morgan fingerprint density at radius 1 is 1.35 bits per heavy atom. The van der Waals surface area contributed by atoms with Gasteiger partial charge in [0.1, 0.15) is 11.3 Å². The topological polar surface area (TPSA) is 98.7 Å². The van der Waals surface area contributed by atoms with Gasteiger partial charge in [-0.05, 0) is 26.8 Å². The monoisotopic (exact) mass is 279 g/mol. The van der Waals surface area contributed by atoms with Crippen molar-refractivity contribution < 1.29 is 0 Å². The van der Waals surface area contributed by atoms with Gasteiger partial charge in [-0.3, -0.25) is 13.9 Å². The van der Waals surface area contributed by atoms with Crippen LogP contribution in [0.25, 0.3) is 11.2 Å². The Hall–Kier alpha value is -1.89. The van der Waals surface area contributed by atoms with Crippen LogP contribution in [0.2, 0.25) is 0 Å². The van der Waals surface area contributed by atoms with Gasteiger partial charge in [0.2, 0.25) is 0 Å². The van der Waals surface area contributed by atoms with Crippen molar-refractivity contribution in [3.63, 3.8) is 0 Å². The SMILES string of the molecule is CCC(C)n1c(=O)n(CC)c(=O)c2[nH]c(CCN)nc21. The average Bonchev–Trinajstić information content (AvgIpc) is 2.83. The van der Waals surface area contributed by atoms with Crippen LogP contribution in [0.5, 0.6) is 0 Å². The van der Waals surface area contributed by atoms with Gasteiger partial charge in [-0.25, -0.2) is 9.78 Å². The number of imidazole rings is 1. The summed E-state index contributed by atoms with van der Waals surface area (Å²) in [6.45, 7) is 6.51. The van der Waals surface area contributed by atoms with Gasteiger partial charge in [0, 0.05) is 19.0 Å².